The fourth-order valence-corrected chi connectivity index (χ4v) is 2.76. The number of carbonyl (C=O) groups is 1. The maximum Gasteiger partial charge on any atom is 0.243 e. The van der Waals surface area contributed by atoms with Crippen molar-refractivity contribution >= 4 is 41.9 Å². The van der Waals surface area contributed by atoms with Crippen LogP contribution >= 0.6 is 24.0 Å². The van der Waals surface area contributed by atoms with E-state index in [1.165, 1.54) is 5.56 Å². The monoisotopic (exact) mass is 497 g/mol. The minimum Gasteiger partial charge on any atom is -0.353 e. The zero-order valence-corrected chi connectivity index (χ0v) is 19.2. The molecular weight excluding hydrogens is 465 g/mol. The molecule has 1 fully saturated rings. The highest BCUT2D eigenvalue weighted by atomic mass is 127. The Bertz CT molecular complexity index is 652. The van der Waals surface area contributed by atoms with Crippen molar-refractivity contribution in [2.24, 2.45) is 4.99 Å². The zero-order chi connectivity index (χ0) is 19.5. The van der Waals surface area contributed by atoms with Crippen LogP contribution in [0.2, 0.25) is 0 Å². The van der Waals surface area contributed by atoms with Gasteiger partial charge in [-0.2, -0.15) is 0 Å². The maximum absolute atomic E-state index is 11.8. The quantitative estimate of drug-likeness (QED) is 0.272. The molecule has 1 saturated heterocycles. The second-order valence-electron chi connectivity index (χ2n) is 6.70. The molecule has 1 aliphatic rings. The molecule has 28 heavy (non-hydrogen) atoms. The first-order chi connectivity index (χ1) is 13.1. The number of rotatable bonds is 7. The fraction of sp³-hybridized carbons (Fsp3) is 0.429. The highest BCUT2D eigenvalue weighted by molar-refractivity contribution is 14.0. The van der Waals surface area contributed by atoms with Crippen LogP contribution in [0.15, 0.2) is 54.1 Å². The van der Waals surface area contributed by atoms with Gasteiger partial charge in [0, 0.05) is 53.4 Å². The van der Waals surface area contributed by atoms with Crippen LogP contribution in [-0.2, 0) is 4.79 Å². The Balaban J connectivity index is 0.00000392. The van der Waals surface area contributed by atoms with Gasteiger partial charge in [0.1, 0.15) is 6.54 Å². The number of guanidine groups is 1. The molecule has 2 rings (SSSR count). The number of hydrogen-bond donors (Lipinski definition) is 1. The second-order valence-corrected chi connectivity index (χ2v) is 6.70. The molecule has 0 atom stereocenters. The first-order valence-corrected chi connectivity index (χ1v) is 9.38. The van der Waals surface area contributed by atoms with Crippen molar-refractivity contribution in [2.75, 3.05) is 59.9 Å². The predicted octanol–water partition coefficient (Wildman–Crippen LogP) is 2.16. The molecule has 0 bridgehead atoms. The van der Waals surface area contributed by atoms with Gasteiger partial charge in [-0.1, -0.05) is 48.6 Å². The number of hydrogen-bond acceptors (Lipinski definition) is 3. The number of carbonyl (C=O) groups excluding carboxylic acids is 1. The van der Waals surface area contributed by atoms with Crippen molar-refractivity contribution in [3.8, 4) is 0 Å². The molecule has 0 unspecified atom stereocenters. The van der Waals surface area contributed by atoms with Crippen LogP contribution in [0.4, 0.5) is 0 Å². The lowest BCUT2D eigenvalue weighted by Crippen LogP contribution is -2.52. The Labute approximate surface area is 186 Å². The minimum absolute atomic E-state index is 0. The second kappa shape index (κ2) is 13.3. The Morgan fingerprint density at radius 1 is 1.21 bits per heavy atom. The molecule has 0 spiro atoms. The number of nitrogens with one attached hydrogen (secondary N) is 1. The van der Waals surface area contributed by atoms with Gasteiger partial charge in [0.05, 0.1) is 0 Å². The van der Waals surface area contributed by atoms with Gasteiger partial charge >= 0.3 is 0 Å². The van der Waals surface area contributed by atoms with Crippen LogP contribution in [0.3, 0.4) is 0 Å². The van der Waals surface area contributed by atoms with Gasteiger partial charge in [0.15, 0.2) is 5.96 Å². The molecule has 6 nitrogen and oxygen atoms in total. The number of likely N-dealkylation sites (N-methyl/N-ethyl adjacent to an activating group) is 1. The highest BCUT2D eigenvalue weighted by Gasteiger charge is 2.19. The molecular formula is C21H32IN5O. The average molecular weight is 497 g/mol. The van der Waals surface area contributed by atoms with Crippen LogP contribution < -0.4 is 5.32 Å². The molecule has 1 N–H and O–H groups in total. The molecule has 154 valence electrons. The lowest BCUT2D eigenvalue weighted by Gasteiger charge is -2.36. The van der Waals surface area contributed by atoms with E-state index in [1.807, 2.05) is 6.07 Å². The molecule has 0 aromatic heterocycles. The summed E-state index contributed by atoms with van der Waals surface area (Å²) in [6.07, 6.45) is 6.18. The van der Waals surface area contributed by atoms with Crippen LogP contribution in [0.25, 0.3) is 6.08 Å². The molecule has 1 amide bonds. The van der Waals surface area contributed by atoms with E-state index in [0.29, 0.717) is 6.54 Å². The minimum atomic E-state index is -0.00223. The molecule has 0 saturated carbocycles. The molecule has 0 radical (unpaired) electrons. The summed E-state index contributed by atoms with van der Waals surface area (Å²) in [4.78, 5) is 22.5. The molecule has 1 aliphatic heterocycles. The summed E-state index contributed by atoms with van der Waals surface area (Å²) >= 11 is 0. The van der Waals surface area contributed by atoms with Gasteiger partial charge in [-0.15, -0.1) is 30.6 Å². The van der Waals surface area contributed by atoms with E-state index in [-0.39, 0.29) is 36.4 Å². The van der Waals surface area contributed by atoms with Crippen molar-refractivity contribution in [3.05, 3.63) is 54.6 Å². The maximum atomic E-state index is 11.8. The first kappa shape index (κ1) is 24.2. The summed E-state index contributed by atoms with van der Waals surface area (Å²) in [7, 11) is 3.49. The number of benzene rings is 1. The fourth-order valence-electron chi connectivity index (χ4n) is 2.76. The summed E-state index contributed by atoms with van der Waals surface area (Å²) in [6.45, 7) is 9.19. The molecule has 1 aromatic carbocycles. The van der Waals surface area contributed by atoms with Gasteiger partial charge < -0.3 is 15.1 Å². The Morgan fingerprint density at radius 3 is 2.50 bits per heavy atom. The van der Waals surface area contributed by atoms with E-state index in [1.54, 1.807) is 25.1 Å². The van der Waals surface area contributed by atoms with E-state index in [0.717, 1.165) is 38.7 Å². The van der Waals surface area contributed by atoms with Crippen LogP contribution in [0.5, 0.6) is 0 Å². The Kier molecular flexibility index (Phi) is 11.5. The van der Waals surface area contributed by atoms with E-state index >= 15 is 0 Å². The van der Waals surface area contributed by atoms with Crippen LogP contribution in [0, 0.1) is 0 Å². The van der Waals surface area contributed by atoms with Crippen LogP contribution in [0.1, 0.15) is 5.56 Å². The topological polar surface area (TPSA) is 51.2 Å². The van der Waals surface area contributed by atoms with Crippen molar-refractivity contribution in [2.45, 2.75) is 0 Å². The Morgan fingerprint density at radius 2 is 1.89 bits per heavy atom. The summed E-state index contributed by atoms with van der Waals surface area (Å²) in [5.41, 5.74) is 1.23. The van der Waals surface area contributed by atoms with Gasteiger partial charge in [-0.3, -0.25) is 9.69 Å². The predicted molar refractivity (Wildman–Crippen MR) is 128 cm³/mol. The van der Waals surface area contributed by atoms with Crippen molar-refractivity contribution in [1.82, 2.24) is 20.0 Å². The van der Waals surface area contributed by atoms with Crippen molar-refractivity contribution < 1.29 is 4.79 Å². The molecule has 1 aromatic rings. The third-order valence-corrected chi connectivity index (χ3v) is 4.41. The third kappa shape index (κ3) is 8.43. The number of nitrogens with zero attached hydrogens (tertiary/aromatic N) is 4. The molecule has 0 aliphatic carbocycles. The number of aliphatic imine (C=N–C) groups is 1. The highest BCUT2D eigenvalue weighted by Crippen LogP contribution is 2.05. The van der Waals surface area contributed by atoms with E-state index < -0.39 is 0 Å². The number of halogens is 1. The first-order valence-electron chi connectivity index (χ1n) is 9.38. The Hall–Kier alpha value is -1.87. The zero-order valence-electron chi connectivity index (χ0n) is 16.9. The summed E-state index contributed by atoms with van der Waals surface area (Å²) in [5, 5.41) is 3.27. The summed E-state index contributed by atoms with van der Waals surface area (Å²) in [5.74, 6) is 0.780. The largest absolute Gasteiger partial charge is 0.353 e. The van der Waals surface area contributed by atoms with Crippen LogP contribution in [-0.4, -0.2) is 86.5 Å². The number of piperazine rings is 1. The molecule has 7 heteroatoms. The standard InChI is InChI=1S/C21H31N5O.HI/c1-4-12-22-21(23-18-20(27)24(2)3)26-16-14-25(15-17-26)13-8-11-19-9-6-5-7-10-19;/h4-11H,1,12-18H2,2-3H3,(H,22,23);1H/b11-8+;. The van der Waals surface area contributed by atoms with E-state index in [9.17, 15) is 4.79 Å². The lowest BCUT2D eigenvalue weighted by atomic mass is 10.2. The third-order valence-electron chi connectivity index (χ3n) is 4.41. The normalized spacial score (nSPS) is 15.2. The van der Waals surface area contributed by atoms with Gasteiger partial charge in [-0.05, 0) is 5.56 Å². The summed E-state index contributed by atoms with van der Waals surface area (Å²) < 4.78 is 0. The smallest absolute Gasteiger partial charge is 0.243 e. The number of amides is 1. The van der Waals surface area contributed by atoms with Crippen molar-refractivity contribution in [1.29, 1.82) is 0 Å². The summed E-state index contributed by atoms with van der Waals surface area (Å²) in [6, 6.07) is 10.4. The molecule has 1 heterocycles. The SMILES string of the molecule is C=CCNC(=NCC(=O)N(C)C)N1CCN(C/C=C/c2ccccc2)CC1.I. The van der Waals surface area contributed by atoms with Gasteiger partial charge in [0.25, 0.3) is 0 Å². The van der Waals surface area contributed by atoms with Gasteiger partial charge in [-0.25, -0.2) is 4.99 Å². The van der Waals surface area contributed by atoms with E-state index in [4.69, 9.17) is 0 Å². The van der Waals surface area contributed by atoms with E-state index in [2.05, 4.69) is 63.1 Å². The van der Waals surface area contributed by atoms with Crippen molar-refractivity contribution in [3.63, 3.8) is 0 Å². The average Bonchev–Trinajstić information content (AvgIpc) is 2.69. The van der Waals surface area contributed by atoms with Gasteiger partial charge in [0.2, 0.25) is 5.91 Å². The lowest BCUT2D eigenvalue weighted by molar-refractivity contribution is -0.127.